The van der Waals surface area contributed by atoms with Crippen molar-refractivity contribution in [1.82, 2.24) is 0 Å². The summed E-state index contributed by atoms with van der Waals surface area (Å²) in [6, 6.07) is 0. The molecule has 0 radical (unpaired) electrons. The summed E-state index contributed by atoms with van der Waals surface area (Å²) in [7, 11) is 0. The summed E-state index contributed by atoms with van der Waals surface area (Å²) < 4.78 is 40.6. The Bertz CT molecular complexity index is 140. The third-order valence-corrected chi connectivity index (χ3v) is 1.98. The third kappa shape index (κ3) is 2.35. The number of alkyl halides is 3. The van der Waals surface area contributed by atoms with E-state index in [2.05, 4.69) is 0 Å². The van der Waals surface area contributed by atoms with Crippen LogP contribution in [0.15, 0.2) is 0 Å². The first-order chi connectivity index (χ1) is 5.52. The maximum absolute atomic E-state index is 11.9. The Morgan fingerprint density at radius 2 is 2.08 bits per heavy atom. The summed E-state index contributed by atoms with van der Waals surface area (Å²) in [5.74, 6) is -0.779. The molecule has 5 heteroatoms. The molecular weight excluding hydrogens is 173 g/mol. The molecular formula is C7H11F3O2. The van der Waals surface area contributed by atoms with E-state index in [9.17, 15) is 13.2 Å². The second-order valence-corrected chi connectivity index (χ2v) is 2.96. The fourth-order valence-corrected chi connectivity index (χ4v) is 1.28. The standard InChI is InChI=1S/C7H11F3O2/c8-7(9,10)6(11)5-2-1-3-12-4-5/h5-6,11H,1-4H2/t5?,6-/m0/s1. The molecule has 12 heavy (non-hydrogen) atoms. The normalized spacial score (nSPS) is 28.5. The molecule has 0 saturated carbocycles. The summed E-state index contributed by atoms with van der Waals surface area (Å²) in [6.07, 6.45) is -5.75. The Balaban J connectivity index is 2.45. The molecule has 0 aromatic rings. The average Bonchev–Trinajstić information content (AvgIpc) is 2.03. The van der Waals surface area contributed by atoms with Crippen molar-refractivity contribution in [3.05, 3.63) is 0 Å². The molecule has 1 saturated heterocycles. The summed E-state index contributed by atoms with van der Waals surface area (Å²) in [4.78, 5) is 0. The molecule has 1 fully saturated rings. The van der Waals surface area contributed by atoms with Crippen LogP contribution in [-0.2, 0) is 4.74 Å². The lowest BCUT2D eigenvalue weighted by Gasteiger charge is -2.27. The molecule has 1 aliphatic heterocycles. The van der Waals surface area contributed by atoms with E-state index < -0.39 is 18.2 Å². The van der Waals surface area contributed by atoms with Crippen molar-refractivity contribution in [3.8, 4) is 0 Å². The first kappa shape index (κ1) is 9.80. The number of rotatable bonds is 1. The van der Waals surface area contributed by atoms with Gasteiger partial charge in [-0.25, -0.2) is 0 Å². The summed E-state index contributed by atoms with van der Waals surface area (Å²) in [5, 5.41) is 8.81. The first-order valence-electron chi connectivity index (χ1n) is 3.84. The van der Waals surface area contributed by atoms with Crippen molar-refractivity contribution >= 4 is 0 Å². The molecule has 1 rings (SSSR count). The van der Waals surface area contributed by atoms with Crippen LogP contribution in [-0.4, -0.2) is 30.6 Å². The molecule has 1 unspecified atom stereocenters. The lowest BCUT2D eigenvalue weighted by atomic mass is 9.96. The summed E-state index contributed by atoms with van der Waals surface area (Å²) in [5.41, 5.74) is 0. The van der Waals surface area contributed by atoms with Gasteiger partial charge in [-0.2, -0.15) is 13.2 Å². The van der Waals surface area contributed by atoms with Gasteiger partial charge < -0.3 is 9.84 Å². The van der Waals surface area contributed by atoms with E-state index >= 15 is 0 Å². The predicted octanol–water partition coefficient (Wildman–Crippen LogP) is 1.34. The van der Waals surface area contributed by atoms with Crippen LogP contribution in [0.4, 0.5) is 13.2 Å². The Kier molecular flexibility index (Phi) is 2.95. The highest BCUT2D eigenvalue weighted by atomic mass is 19.4. The highest BCUT2D eigenvalue weighted by Gasteiger charge is 2.43. The van der Waals surface area contributed by atoms with Crippen molar-refractivity contribution in [3.63, 3.8) is 0 Å². The summed E-state index contributed by atoms with van der Waals surface area (Å²) >= 11 is 0. The van der Waals surface area contributed by atoms with Gasteiger partial charge in [-0.15, -0.1) is 0 Å². The minimum atomic E-state index is -4.51. The maximum Gasteiger partial charge on any atom is 0.414 e. The minimum Gasteiger partial charge on any atom is -0.383 e. The van der Waals surface area contributed by atoms with Crippen molar-refractivity contribution < 1.29 is 23.0 Å². The largest absolute Gasteiger partial charge is 0.414 e. The molecule has 2 atom stereocenters. The van der Waals surface area contributed by atoms with Crippen molar-refractivity contribution in [1.29, 1.82) is 0 Å². The van der Waals surface area contributed by atoms with Crippen LogP contribution >= 0.6 is 0 Å². The van der Waals surface area contributed by atoms with E-state index in [0.717, 1.165) is 0 Å². The Morgan fingerprint density at radius 1 is 1.42 bits per heavy atom. The fraction of sp³-hybridized carbons (Fsp3) is 1.00. The van der Waals surface area contributed by atoms with Gasteiger partial charge in [0, 0.05) is 12.5 Å². The fourth-order valence-electron chi connectivity index (χ4n) is 1.28. The van der Waals surface area contributed by atoms with Gasteiger partial charge in [0.2, 0.25) is 0 Å². The van der Waals surface area contributed by atoms with E-state index in [0.29, 0.717) is 19.4 Å². The third-order valence-electron chi connectivity index (χ3n) is 1.98. The second-order valence-electron chi connectivity index (χ2n) is 2.96. The van der Waals surface area contributed by atoms with Gasteiger partial charge in [0.1, 0.15) is 0 Å². The Labute approximate surface area is 68.3 Å². The molecule has 2 nitrogen and oxygen atoms in total. The van der Waals surface area contributed by atoms with Gasteiger partial charge in [0.05, 0.1) is 6.61 Å². The van der Waals surface area contributed by atoms with Crippen molar-refractivity contribution in [2.75, 3.05) is 13.2 Å². The number of ether oxygens (including phenoxy) is 1. The monoisotopic (exact) mass is 184 g/mol. The molecule has 72 valence electrons. The van der Waals surface area contributed by atoms with Gasteiger partial charge in [-0.3, -0.25) is 0 Å². The van der Waals surface area contributed by atoms with Crippen LogP contribution in [0.2, 0.25) is 0 Å². The maximum atomic E-state index is 11.9. The number of aliphatic hydroxyl groups excluding tert-OH is 1. The van der Waals surface area contributed by atoms with E-state index in [1.807, 2.05) is 0 Å². The van der Waals surface area contributed by atoms with Crippen LogP contribution < -0.4 is 0 Å². The van der Waals surface area contributed by atoms with Crippen LogP contribution in [0.1, 0.15) is 12.8 Å². The van der Waals surface area contributed by atoms with Crippen LogP contribution in [0.5, 0.6) is 0 Å². The lowest BCUT2D eigenvalue weighted by Crippen LogP contribution is -2.39. The summed E-state index contributed by atoms with van der Waals surface area (Å²) in [6.45, 7) is 0.516. The quantitative estimate of drug-likeness (QED) is 0.666. The van der Waals surface area contributed by atoms with Gasteiger partial charge in [0.15, 0.2) is 6.10 Å². The molecule has 0 aliphatic carbocycles. The topological polar surface area (TPSA) is 29.5 Å². The molecule has 0 aromatic heterocycles. The lowest BCUT2D eigenvalue weighted by molar-refractivity contribution is -0.228. The van der Waals surface area contributed by atoms with Crippen LogP contribution in [0.3, 0.4) is 0 Å². The highest BCUT2D eigenvalue weighted by molar-refractivity contribution is 4.77. The van der Waals surface area contributed by atoms with E-state index in [-0.39, 0.29) is 6.61 Å². The van der Waals surface area contributed by atoms with Crippen LogP contribution in [0, 0.1) is 5.92 Å². The number of halogens is 3. The molecule has 0 bridgehead atoms. The van der Waals surface area contributed by atoms with Gasteiger partial charge in [-0.1, -0.05) is 0 Å². The second kappa shape index (κ2) is 3.62. The first-order valence-corrected chi connectivity index (χ1v) is 3.84. The predicted molar refractivity (Wildman–Crippen MR) is 35.6 cm³/mol. The van der Waals surface area contributed by atoms with E-state index in [1.54, 1.807) is 0 Å². The number of hydrogen-bond acceptors (Lipinski definition) is 2. The van der Waals surface area contributed by atoms with Crippen molar-refractivity contribution in [2.24, 2.45) is 5.92 Å². The molecule has 0 spiro atoms. The minimum absolute atomic E-state index is 0.0146. The highest BCUT2D eigenvalue weighted by Crippen LogP contribution is 2.29. The molecule has 1 N–H and O–H groups in total. The van der Waals surface area contributed by atoms with E-state index in [4.69, 9.17) is 9.84 Å². The Morgan fingerprint density at radius 3 is 2.50 bits per heavy atom. The molecule has 1 heterocycles. The zero-order chi connectivity index (χ0) is 9.19. The van der Waals surface area contributed by atoms with Gasteiger partial charge in [0.25, 0.3) is 0 Å². The molecule has 1 aliphatic rings. The SMILES string of the molecule is O[C@@H](C1CCCOC1)C(F)(F)F. The smallest absolute Gasteiger partial charge is 0.383 e. The van der Waals surface area contributed by atoms with Crippen LogP contribution in [0.25, 0.3) is 0 Å². The molecule has 0 aromatic carbocycles. The number of hydrogen-bond donors (Lipinski definition) is 1. The van der Waals surface area contributed by atoms with E-state index in [1.165, 1.54) is 0 Å². The zero-order valence-electron chi connectivity index (χ0n) is 6.47. The van der Waals surface area contributed by atoms with Gasteiger partial charge >= 0.3 is 6.18 Å². The average molecular weight is 184 g/mol. The Hall–Kier alpha value is -0.290. The van der Waals surface area contributed by atoms with Gasteiger partial charge in [-0.05, 0) is 12.8 Å². The zero-order valence-corrected chi connectivity index (χ0v) is 6.47. The molecule has 0 amide bonds. The number of aliphatic hydroxyl groups is 1. The van der Waals surface area contributed by atoms with Crippen molar-refractivity contribution in [2.45, 2.75) is 25.1 Å².